The Balaban J connectivity index is 0.00000288. The Hall–Kier alpha value is -0.430. The van der Waals surface area contributed by atoms with Crippen LogP contribution in [-0.2, 0) is 4.74 Å². The van der Waals surface area contributed by atoms with Crippen molar-refractivity contribution in [3.63, 3.8) is 0 Å². The lowest BCUT2D eigenvalue weighted by Gasteiger charge is -2.27. The number of ether oxygens (including phenoxy) is 3. The third-order valence-electron chi connectivity index (χ3n) is 3.19. The van der Waals surface area contributed by atoms with Gasteiger partial charge in [-0.1, -0.05) is 23.2 Å². The Morgan fingerprint density at radius 3 is 2.54 bits per heavy atom. The van der Waals surface area contributed by atoms with E-state index in [-0.39, 0.29) is 30.7 Å². The zero-order chi connectivity index (χ0) is 17.0. The molecular formula is C16H24Cl3NO4. The second kappa shape index (κ2) is 9.32. The number of benzene rings is 1. The molecule has 0 saturated carbocycles. The first-order valence-corrected chi connectivity index (χ1v) is 8.29. The van der Waals surface area contributed by atoms with Gasteiger partial charge in [0.15, 0.2) is 17.6 Å². The highest BCUT2D eigenvalue weighted by molar-refractivity contribution is 6.42. The van der Waals surface area contributed by atoms with E-state index in [0.29, 0.717) is 41.3 Å². The second-order valence-electron chi connectivity index (χ2n) is 6.59. The predicted molar refractivity (Wildman–Crippen MR) is 98.2 cm³/mol. The molecule has 0 bridgehead atoms. The highest BCUT2D eigenvalue weighted by Crippen LogP contribution is 2.38. The summed E-state index contributed by atoms with van der Waals surface area (Å²) in [6.45, 7) is 7.53. The summed E-state index contributed by atoms with van der Waals surface area (Å²) in [6.07, 6.45) is -0.818. The first-order valence-electron chi connectivity index (χ1n) is 7.54. The SMILES string of the molecule is CC(C)(C)NCC(O)COCC1COc2cc(Cl)c(Cl)cc2O1.Cl. The van der Waals surface area contributed by atoms with Gasteiger partial charge >= 0.3 is 0 Å². The van der Waals surface area contributed by atoms with Crippen molar-refractivity contribution in [3.8, 4) is 11.5 Å². The maximum Gasteiger partial charge on any atom is 0.163 e. The zero-order valence-electron chi connectivity index (χ0n) is 14.0. The number of hydrogen-bond acceptors (Lipinski definition) is 5. The highest BCUT2D eigenvalue weighted by atomic mass is 35.5. The number of nitrogens with one attached hydrogen (secondary N) is 1. The number of aliphatic hydroxyl groups excluding tert-OH is 1. The van der Waals surface area contributed by atoms with Gasteiger partial charge in [0, 0.05) is 24.2 Å². The van der Waals surface area contributed by atoms with Crippen LogP contribution in [0.1, 0.15) is 20.8 Å². The molecule has 0 aliphatic carbocycles. The molecule has 2 atom stereocenters. The maximum atomic E-state index is 9.88. The largest absolute Gasteiger partial charge is 0.486 e. The average Bonchev–Trinajstić information content (AvgIpc) is 2.46. The normalized spacial score (nSPS) is 18.0. The van der Waals surface area contributed by atoms with E-state index in [4.69, 9.17) is 37.4 Å². The molecule has 0 spiro atoms. The van der Waals surface area contributed by atoms with E-state index < -0.39 is 6.10 Å². The van der Waals surface area contributed by atoms with Crippen LogP contribution in [-0.4, -0.2) is 49.2 Å². The smallest absolute Gasteiger partial charge is 0.163 e. The first kappa shape index (κ1) is 21.6. The molecule has 1 aliphatic rings. The van der Waals surface area contributed by atoms with Gasteiger partial charge in [-0.2, -0.15) is 0 Å². The molecule has 1 heterocycles. The second-order valence-corrected chi connectivity index (χ2v) is 7.40. The van der Waals surface area contributed by atoms with Gasteiger partial charge in [-0.15, -0.1) is 12.4 Å². The van der Waals surface area contributed by atoms with Crippen LogP contribution in [0.3, 0.4) is 0 Å². The van der Waals surface area contributed by atoms with Crippen LogP contribution < -0.4 is 14.8 Å². The van der Waals surface area contributed by atoms with Gasteiger partial charge in [0.25, 0.3) is 0 Å². The highest BCUT2D eigenvalue weighted by Gasteiger charge is 2.23. The van der Waals surface area contributed by atoms with E-state index in [0.717, 1.165) is 0 Å². The van der Waals surface area contributed by atoms with E-state index in [1.165, 1.54) is 0 Å². The van der Waals surface area contributed by atoms with Crippen LogP contribution in [0, 0.1) is 0 Å². The summed E-state index contributed by atoms with van der Waals surface area (Å²) in [5, 5.41) is 13.9. The lowest BCUT2D eigenvalue weighted by atomic mass is 10.1. The monoisotopic (exact) mass is 399 g/mol. The van der Waals surface area contributed by atoms with Crippen molar-refractivity contribution in [1.82, 2.24) is 5.32 Å². The number of aliphatic hydroxyl groups is 1. The molecular weight excluding hydrogens is 377 g/mol. The van der Waals surface area contributed by atoms with E-state index in [1.807, 2.05) is 20.8 Å². The molecule has 2 N–H and O–H groups in total. The van der Waals surface area contributed by atoms with Gasteiger partial charge < -0.3 is 24.6 Å². The number of hydrogen-bond donors (Lipinski definition) is 2. The van der Waals surface area contributed by atoms with Crippen molar-refractivity contribution in [3.05, 3.63) is 22.2 Å². The molecule has 5 nitrogen and oxygen atoms in total. The third kappa shape index (κ3) is 6.82. The van der Waals surface area contributed by atoms with Gasteiger partial charge in [-0.25, -0.2) is 0 Å². The van der Waals surface area contributed by atoms with Gasteiger partial charge in [0.1, 0.15) is 6.61 Å². The van der Waals surface area contributed by atoms with Crippen LogP contribution in [0.2, 0.25) is 10.0 Å². The van der Waals surface area contributed by atoms with E-state index in [1.54, 1.807) is 12.1 Å². The van der Waals surface area contributed by atoms with Crippen molar-refractivity contribution in [2.75, 3.05) is 26.4 Å². The predicted octanol–water partition coefficient (Wildman–Crippen LogP) is 3.32. The summed E-state index contributed by atoms with van der Waals surface area (Å²) in [6, 6.07) is 3.27. The number of halogens is 3. The Bertz CT molecular complexity index is 537. The molecule has 0 amide bonds. The van der Waals surface area contributed by atoms with E-state index >= 15 is 0 Å². The third-order valence-corrected chi connectivity index (χ3v) is 3.91. The summed E-state index contributed by atoms with van der Waals surface area (Å²) in [7, 11) is 0. The zero-order valence-corrected chi connectivity index (χ0v) is 16.3. The summed E-state index contributed by atoms with van der Waals surface area (Å²) < 4.78 is 16.9. The van der Waals surface area contributed by atoms with E-state index in [9.17, 15) is 5.11 Å². The molecule has 8 heteroatoms. The number of fused-ring (bicyclic) bond motifs is 1. The molecule has 2 rings (SSSR count). The molecule has 0 radical (unpaired) electrons. The fraction of sp³-hybridized carbons (Fsp3) is 0.625. The van der Waals surface area contributed by atoms with Gasteiger partial charge in [0.05, 0.1) is 29.4 Å². The fourth-order valence-electron chi connectivity index (χ4n) is 2.01. The summed E-state index contributed by atoms with van der Waals surface area (Å²) in [5.41, 5.74) is -0.0362. The Morgan fingerprint density at radius 2 is 1.92 bits per heavy atom. The first-order chi connectivity index (χ1) is 10.7. The number of β-amino-alcohol motifs (C(OH)–C–C–N with tert-alkyl or cyclic N) is 1. The Labute approximate surface area is 159 Å². The number of rotatable bonds is 6. The molecule has 0 fully saturated rings. The molecule has 0 saturated heterocycles. The van der Waals surface area contributed by atoms with Crippen molar-refractivity contribution >= 4 is 35.6 Å². The van der Waals surface area contributed by atoms with Crippen LogP contribution in [0.15, 0.2) is 12.1 Å². The fourth-order valence-corrected chi connectivity index (χ4v) is 2.32. The van der Waals surface area contributed by atoms with Crippen LogP contribution in [0.5, 0.6) is 11.5 Å². The molecule has 1 aromatic carbocycles. The van der Waals surface area contributed by atoms with Crippen molar-refractivity contribution in [2.45, 2.75) is 38.5 Å². The lowest BCUT2D eigenvalue weighted by Crippen LogP contribution is -2.42. The van der Waals surface area contributed by atoms with E-state index in [2.05, 4.69) is 5.32 Å². The summed E-state index contributed by atoms with van der Waals surface area (Å²) in [5.74, 6) is 1.12. The Morgan fingerprint density at radius 1 is 1.29 bits per heavy atom. The minimum atomic E-state index is -0.570. The molecule has 0 aromatic heterocycles. The van der Waals surface area contributed by atoms with Crippen molar-refractivity contribution in [2.24, 2.45) is 0 Å². The maximum absolute atomic E-state index is 9.88. The molecule has 24 heavy (non-hydrogen) atoms. The molecule has 2 unspecified atom stereocenters. The van der Waals surface area contributed by atoms with Crippen LogP contribution in [0.25, 0.3) is 0 Å². The molecule has 1 aromatic rings. The Kier molecular flexibility index (Phi) is 8.39. The van der Waals surface area contributed by atoms with Crippen molar-refractivity contribution < 1.29 is 19.3 Å². The van der Waals surface area contributed by atoms with Crippen LogP contribution in [0.4, 0.5) is 0 Å². The summed E-state index contributed by atoms with van der Waals surface area (Å²) >= 11 is 11.9. The standard InChI is InChI=1S/C16H23Cl2NO4.ClH/c1-16(2,3)19-6-10(20)7-21-8-11-9-22-14-4-12(17)13(18)5-15(14)23-11;/h4-5,10-11,19-20H,6-9H2,1-3H3;1H. The quantitative estimate of drug-likeness (QED) is 0.767. The van der Waals surface area contributed by atoms with Crippen molar-refractivity contribution in [1.29, 1.82) is 0 Å². The minimum absolute atomic E-state index is 0. The lowest BCUT2D eigenvalue weighted by molar-refractivity contribution is -0.0221. The van der Waals surface area contributed by atoms with Crippen LogP contribution >= 0.6 is 35.6 Å². The van der Waals surface area contributed by atoms with Gasteiger partial charge in [-0.3, -0.25) is 0 Å². The van der Waals surface area contributed by atoms with Gasteiger partial charge in [-0.05, 0) is 20.8 Å². The molecule has 138 valence electrons. The minimum Gasteiger partial charge on any atom is -0.486 e. The topological polar surface area (TPSA) is 60.0 Å². The molecule has 1 aliphatic heterocycles. The summed E-state index contributed by atoms with van der Waals surface area (Å²) in [4.78, 5) is 0. The van der Waals surface area contributed by atoms with Gasteiger partial charge in [0.2, 0.25) is 0 Å². The average molecular weight is 401 g/mol.